The van der Waals surface area contributed by atoms with Crippen LogP contribution >= 0.6 is 0 Å². The molecule has 0 spiro atoms. The highest BCUT2D eigenvalue weighted by atomic mass is 32.2. The van der Waals surface area contributed by atoms with Crippen LogP contribution < -0.4 is 10.0 Å². The van der Waals surface area contributed by atoms with E-state index in [1.165, 1.54) is 19.0 Å². The van der Waals surface area contributed by atoms with Gasteiger partial charge in [0.05, 0.1) is 18.3 Å². The second-order valence-corrected chi connectivity index (χ2v) is 7.72. The number of hydrogen-bond acceptors (Lipinski definition) is 5. The zero-order valence-corrected chi connectivity index (χ0v) is 13.6. The van der Waals surface area contributed by atoms with Gasteiger partial charge < -0.3 is 10.1 Å². The lowest BCUT2D eigenvalue weighted by atomic mass is 10.1. The maximum atomic E-state index is 12.2. The van der Waals surface area contributed by atoms with Gasteiger partial charge in [0.15, 0.2) is 0 Å². The minimum atomic E-state index is -3.55. The maximum absolute atomic E-state index is 12.2. The van der Waals surface area contributed by atoms with Crippen molar-refractivity contribution in [3.63, 3.8) is 0 Å². The van der Waals surface area contributed by atoms with Gasteiger partial charge in [0.25, 0.3) is 0 Å². The fourth-order valence-corrected chi connectivity index (χ4v) is 2.85. The first-order valence-corrected chi connectivity index (χ1v) is 8.61. The fourth-order valence-electron chi connectivity index (χ4n) is 1.70. The van der Waals surface area contributed by atoms with Crippen molar-refractivity contribution in [2.24, 2.45) is 0 Å². The highest BCUT2D eigenvalue weighted by Gasteiger charge is 2.23. The predicted octanol–water partition coefficient (Wildman–Crippen LogP) is 0.338. The van der Waals surface area contributed by atoms with Gasteiger partial charge in [-0.15, -0.1) is 0 Å². The molecule has 0 bridgehead atoms. The lowest BCUT2D eigenvalue weighted by molar-refractivity contribution is 0.0276. The average Bonchev–Trinajstić information content (AvgIpc) is 3.12. The van der Waals surface area contributed by atoms with Crippen molar-refractivity contribution in [2.45, 2.75) is 49.8 Å². The lowest BCUT2D eigenvalue weighted by Crippen LogP contribution is -2.39. The molecule has 0 aromatic carbocycles. The monoisotopic (exact) mass is 316 g/mol. The van der Waals surface area contributed by atoms with Crippen molar-refractivity contribution >= 4 is 10.0 Å². The van der Waals surface area contributed by atoms with E-state index >= 15 is 0 Å². The molecular weight excluding hydrogens is 292 g/mol. The smallest absolute Gasteiger partial charge is 0.243 e. The van der Waals surface area contributed by atoms with Crippen LogP contribution in [-0.2, 0) is 21.3 Å². The van der Waals surface area contributed by atoms with E-state index in [0.717, 1.165) is 6.54 Å². The Hall–Kier alpha value is -0.960. The van der Waals surface area contributed by atoms with E-state index in [4.69, 9.17) is 4.74 Å². The molecule has 0 saturated heterocycles. The molecule has 8 heteroatoms. The number of sulfonamides is 1. The number of ether oxygens (including phenoxy) is 1. The van der Waals surface area contributed by atoms with Crippen molar-refractivity contribution < 1.29 is 13.2 Å². The van der Waals surface area contributed by atoms with Gasteiger partial charge in [0, 0.05) is 32.4 Å². The molecular formula is C13H24N4O3S. The number of rotatable bonds is 9. The van der Waals surface area contributed by atoms with Crippen LogP contribution in [0.4, 0.5) is 0 Å². The fraction of sp³-hybridized carbons (Fsp3) is 0.769. The molecule has 120 valence electrons. The molecule has 1 fully saturated rings. The number of hydrogen-bond donors (Lipinski definition) is 2. The van der Waals surface area contributed by atoms with Crippen LogP contribution in [0.25, 0.3) is 0 Å². The van der Waals surface area contributed by atoms with Gasteiger partial charge >= 0.3 is 0 Å². The van der Waals surface area contributed by atoms with Gasteiger partial charge in [0.1, 0.15) is 4.90 Å². The first-order chi connectivity index (χ1) is 9.82. The average molecular weight is 316 g/mol. The van der Waals surface area contributed by atoms with Gasteiger partial charge in [-0.1, -0.05) is 0 Å². The van der Waals surface area contributed by atoms with Gasteiger partial charge in [-0.05, 0) is 26.7 Å². The van der Waals surface area contributed by atoms with E-state index in [2.05, 4.69) is 15.1 Å². The first-order valence-electron chi connectivity index (χ1n) is 7.13. The van der Waals surface area contributed by atoms with E-state index in [1.54, 1.807) is 18.0 Å². The van der Waals surface area contributed by atoms with Crippen LogP contribution in [0, 0.1) is 0 Å². The van der Waals surface area contributed by atoms with Gasteiger partial charge in [0.2, 0.25) is 10.0 Å². The zero-order chi connectivity index (χ0) is 15.5. The maximum Gasteiger partial charge on any atom is 0.243 e. The van der Waals surface area contributed by atoms with E-state index < -0.39 is 15.6 Å². The minimum absolute atomic E-state index is 0.181. The van der Waals surface area contributed by atoms with E-state index in [9.17, 15) is 8.42 Å². The topological polar surface area (TPSA) is 85.2 Å². The number of aromatic nitrogens is 2. The van der Waals surface area contributed by atoms with Crippen LogP contribution in [-0.4, -0.2) is 50.0 Å². The summed E-state index contributed by atoms with van der Waals surface area (Å²) in [6.45, 7) is 5.32. The molecule has 21 heavy (non-hydrogen) atoms. The molecule has 1 aromatic rings. The summed E-state index contributed by atoms with van der Waals surface area (Å²) in [7, 11) is -1.99. The summed E-state index contributed by atoms with van der Waals surface area (Å²) in [5.41, 5.74) is -0.544. The largest absolute Gasteiger partial charge is 0.377 e. The standard InChI is InChI=1S/C13H24N4O3S/c1-13(2,20-3)10-16-21(18,19)12-8-15-17(9-12)7-6-14-11-4-5-11/h8-9,11,14,16H,4-7,10H2,1-3H3. The Bertz CT molecular complexity index is 564. The third kappa shape index (κ3) is 5.06. The number of nitrogens with zero attached hydrogens (tertiary/aromatic N) is 2. The Labute approximate surface area is 126 Å². The van der Waals surface area contributed by atoms with Gasteiger partial charge in [-0.2, -0.15) is 5.10 Å². The van der Waals surface area contributed by atoms with Crippen LogP contribution in [0.1, 0.15) is 26.7 Å². The number of nitrogens with one attached hydrogen (secondary N) is 2. The quantitative estimate of drug-likeness (QED) is 0.686. The van der Waals surface area contributed by atoms with Crippen molar-refractivity contribution in [3.05, 3.63) is 12.4 Å². The Morgan fingerprint density at radius 3 is 2.81 bits per heavy atom. The molecule has 0 amide bonds. The highest BCUT2D eigenvalue weighted by Crippen LogP contribution is 2.18. The SMILES string of the molecule is COC(C)(C)CNS(=O)(=O)c1cnn(CCNC2CC2)c1. The summed E-state index contributed by atoms with van der Waals surface area (Å²) < 4.78 is 33.7. The van der Waals surface area contributed by atoms with E-state index in [-0.39, 0.29) is 11.4 Å². The second-order valence-electron chi connectivity index (χ2n) is 5.96. The van der Waals surface area contributed by atoms with Crippen LogP contribution in [0.3, 0.4) is 0 Å². The Morgan fingerprint density at radius 2 is 2.19 bits per heavy atom. The Kier molecular flexibility index (Phi) is 5.03. The van der Waals surface area contributed by atoms with Crippen molar-refractivity contribution in [1.29, 1.82) is 0 Å². The lowest BCUT2D eigenvalue weighted by Gasteiger charge is -2.22. The van der Waals surface area contributed by atoms with Crippen LogP contribution in [0.5, 0.6) is 0 Å². The number of methoxy groups -OCH3 is 1. The molecule has 2 rings (SSSR count). The molecule has 0 aliphatic heterocycles. The normalized spacial score (nSPS) is 16.3. The van der Waals surface area contributed by atoms with Gasteiger partial charge in [-0.25, -0.2) is 13.1 Å². The summed E-state index contributed by atoms with van der Waals surface area (Å²) in [5.74, 6) is 0. The predicted molar refractivity (Wildman–Crippen MR) is 79.5 cm³/mol. The van der Waals surface area contributed by atoms with Crippen LogP contribution in [0.15, 0.2) is 17.3 Å². The third-order valence-corrected chi connectivity index (χ3v) is 4.87. The minimum Gasteiger partial charge on any atom is -0.377 e. The van der Waals surface area contributed by atoms with Crippen molar-refractivity contribution in [3.8, 4) is 0 Å². The molecule has 1 aliphatic rings. The van der Waals surface area contributed by atoms with Crippen LogP contribution in [0.2, 0.25) is 0 Å². The van der Waals surface area contributed by atoms with E-state index in [1.807, 2.05) is 13.8 Å². The van der Waals surface area contributed by atoms with Gasteiger partial charge in [-0.3, -0.25) is 4.68 Å². The summed E-state index contributed by atoms with van der Waals surface area (Å²) in [4.78, 5) is 0.181. The summed E-state index contributed by atoms with van der Waals surface area (Å²) in [5, 5.41) is 7.45. The molecule has 1 saturated carbocycles. The summed E-state index contributed by atoms with van der Waals surface area (Å²) >= 11 is 0. The summed E-state index contributed by atoms with van der Waals surface area (Å²) in [6.07, 6.45) is 5.39. The molecule has 2 N–H and O–H groups in total. The molecule has 0 atom stereocenters. The first kappa shape index (κ1) is 16.4. The molecule has 1 aliphatic carbocycles. The van der Waals surface area contributed by atoms with Crippen molar-refractivity contribution in [2.75, 3.05) is 20.2 Å². The van der Waals surface area contributed by atoms with E-state index in [0.29, 0.717) is 12.6 Å². The molecule has 7 nitrogen and oxygen atoms in total. The summed E-state index contributed by atoms with van der Waals surface area (Å²) in [6, 6.07) is 0.640. The molecule has 0 radical (unpaired) electrons. The molecule has 1 heterocycles. The third-order valence-electron chi connectivity index (χ3n) is 3.51. The molecule has 1 aromatic heterocycles. The molecule has 0 unspecified atom stereocenters. The second kappa shape index (κ2) is 6.43. The zero-order valence-electron chi connectivity index (χ0n) is 12.8. The Balaban J connectivity index is 1.88. The Morgan fingerprint density at radius 1 is 1.48 bits per heavy atom. The van der Waals surface area contributed by atoms with Crippen molar-refractivity contribution in [1.82, 2.24) is 19.8 Å². The highest BCUT2D eigenvalue weighted by molar-refractivity contribution is 7.89.